The molecule has 1 heterocycles. The fourth-order valence-electron chi connectivity index (χ4n) is 0.671. The summed E-state index contributed by atoms with van der Waals surface area (Å²) in [5.41, 5.74) is 0. The number of aromatic nitrogens is 3. The number of aliphatic hydroxyl groups excluding tert-OH is 2. The standard InChI is InChI=1S/C5H7Br2N3O2/c6-4-8-5(7)10(9-4)1-3(12)2-11/h3,11-12H,1-2H2. The molecule has 0 aliphatic carbocycles. The lowest BCUT2D eigenvalue weighted by molar-refractivity contribution is 0.0775. The van der Waals surface area contributed by atoms with Crippen molar-refractivity contribution in [3.8, 4) is 0 Å². The zero-order chi connectivity index (χ0) is 9.14. The molecule has 1 aromatic heterocycles. The summed E-state index contributed by atoms with van der Waals surface area (Å²) in [5, 5.41) is 21.5. The van der Waals surface area contributed by atoms with E-state index in [0.717, 1.165) is 0 Å². The molecular weight excluding hydrogens is 294 g/mol. The van der Waals surface area contributed by atoms with Gasteiger partial charge in [0, 0.05) is 0 Å². The molecule has 0 aromatic carbocycles. The van der Waals surface area contributed by atoms with E-state index in [-0.39, 0.29) is 13.2 Å². The topological polar surface area (TPSA) is 71.2 Å². The Labute approximate surface area is 85.7 Å². The molecule has 0 aliphatic rings. The first kappa shape index (κ1) is 10.1. The van der Waals surface area contributed by atoms with Crippen LogP contribution in [0, 0.1) is 0 Å². The van der Waals surface area contributed by atoms with Crippen molar-refractivity contribution < 1.29 is 10.2 Å². The van der Waals surface area contributed by atoms with Crippen molar-refractivity contribution >= 4 is 31.9 Å². The summed E-state index contributed by atoms with van der Waals surface area (Å²) in [7, 11) is 0. The molecule has 1 rings (SSSR count). The number of halogens is 2. The Kier molecular flexibility index (Phi) is 3.63. The monoisotopic (exact) mass is 299 g/mol. The average molecular weight is 301 g/mol. The molecule has 0 bridgehead atoms. The van der Waals surface area contributed by atoms with Crippen LogP contribution in [0.4, 0.5) is 0 Å². The summed E-state index contributed by atoms with van der Waals surface area (Å²) < 4.78 is 2.41. The van der Waals surface area contributed by atoms with Gasteiger partial charge in [0.05, 0.1) is 19.3 Å². The second-order valence-electron chi connectivity index (χ2n) is 2.17. The van der Waals surface area contributed by atoms with Crippen LogP contribution in [0.1, 0.15) is 0 Å². The largest absolute Gasteiger partial charge is 0.394 e. The second kappa shape index (κ2) is 4.31. The van der Waals surface area contributed by atoms with Gasteiger partial charge in [-0.2, -0.15) is 4.98 Å². The third-order valence-electron chi connectivity index (χ3n) is 1.20. The van der Waals surface area contributed by atoms with Crippen LogP contribution in [0.3, 0.4) is 0 Å². The van der Waals surface area contributed by atoms with Crippen molar-refractivity contribution in [2.45, 2.75) is 12.6 Å². The maximum atomic E-state index is 9.07. The molecule has 12 heavy (non-hydrogen) atoms. The van der Waals surface area contributed by atoms with Crippen molar-refractivity contribution in [2.24, 2.45) is 0 Å². The van der Waals surface area contributed by atoms with Gasteiger partial charge in [0.2, 0.25) is 4.73 Å². The molecule has 0 saturated carbocycles. The van der Waals surface area contributed by atoms with Crippen LogP contribution in [-0.4, -0.2) is 37.7 Å². The van der Waals surface area contributed by atoms with Crippen LogP contribution in [0.5, 0.6) is 0 Å². The van der Waals surface area contributed by atoms with Gasteiger partial charge in [0.15, 0.2) is 4.73 Å². The summed E-state index contributed by atoms with van der Waals surface area (Å²) in [6.45, 7) is -0.0698. The molecule has 7 heteroatoms. The predicted octanol–water partition coefficient (Wildman–Crippen LogP) is 0.156. The van der Waals surface area contributed by atoms with Gasteiger partial charge in [0.25, 0.3) is 0 Å². The van der Waals surface area contributed by atoms with Gasteiger partial charge >= 0.3 is 0 Å². The van der Waals surface area contributed by atoms with Crippen LogP contribution in [0.2, 0.25) is 0 Å². The van der Waals surface area contributed by atoms with Crippen LogP contribution in [0.25, 0.3) is 0 Å². The molecule has 0 amide bonds. The fourth-order valence-corrected chi connectivity index (χ4v) is 1.66. The van der Waals surface area contributed by atoms with Crippen molar-refractivity contribution in [2.75, 3.05) is 6.61 Å². The first-order chi connectivity index (χ1) is 5.63. The Bertz CT molecular complexity index is 265. The van der Waals surface area contributed by atoms with E-state index in [9.17, 15) is 0 Å². The summed E-state index contributed by atoms with van der Waals surface area (Å²) >= 11 is 6.22. The molecule has 0 aliphatic heterocycles. The normalized spacial score (nSPS) is 13.3. The average Bonchev–Trinajstić information content (AvgIpc) is 2.30. The summed E-state index contributed by atoms with van der Waals surface area (Å²) in [6, 6.07) is 0. The predicted molar refractivity (Wildman–Crippen MR) is 48.5 cm³/mol. The molecule has 5 nitrogen and oxygen atoms in total. The van der Waals surface area contributed by atoms with Gasteiger partial charge in [-0.15, -0.1) is 5.10 Å². The van der Waals surface area contributed by atoms with Gasteiger partial charge in [0.1, 0.15) is 0 Å². The molecule has 0 radical (unpaired) electrons. The Morgan fingerprint density at radius 1 is 1.50 bits per heavy atom. The van der Waals surface area contributed by atoms with Crippen molar-refractivity contribution in [1.29, 1.82) is 0 Å². The highest BCUT2D eigenvalue weighted by Gasteiger charge is 2.09. The lowest BCUT2D eigenvalue weighted by Crippen LogP contribution is -2.20. The van der Waals surface area contributed by atoms with Crippen LogP contribution in [-0.2, 0) is 6.54 Å². The van der Waals surface area contributed by atoms with E-state index >= 15 is 0 Å². The molecule has 1 atom stereocenters. The fraction of sp³-hybridized carbons (Fsp3) is 0.600. The quantitative estimate of drug-likeness (QED) is 0.834. The van der Waals surface area contributed by atoms with E-state index in [1.54, 1.807) is 0 Å². The summed E-state index contributed by atoms with van der Waals surface area (Å²) in [6.07, 6.45) is -0.810. The number of nitrogens with zero attached hydrogens (tertiary/aromatic N) is 3. The van der Waals surface area contributed by atoms with Gasteiger partial charge < -0.3 is 10.2 Å². The molecule has 2 N–H and O–H groups in total. The lowest BCUT2D eigenvalue weighted by atomic mass is 10.4. The van der Waals surface area contributed by atoms with E-state index in [1.807, 2.05) is 0 Å². The van der Waals surface area contributed by atoms with Gasteiger partial charge in [-0.05, 0) is 31.9 Å². The van der Waals surface area contributed by atoms with E-state index < -0.39 is 6.10 Å². The zero-order valence-corrected chi connectivity index (χ0v) is 9.16. The summed E-state index contributed by atoms with van der Waals surface area (Å²) in [4.78, 5) is 3.89. The van der Waals surface area contributed by atoms with E-state index in [2.05, 4.69) is 41.9 Å². The van der Waals surface area contributed by atoms with Crippen molar-refractivity contribution in [1.82, 2.24) is 14.8 Å². The van der Waals surface area contributed by atoms with E-state index in [0.29, 0.717) is 9.47 Å². The third kappa shape index (κ3) is 2.51. The molecular formula is C5H7Br2N3O2. The smallest absolute Gasteiger partial charge is 0.218 e. The summed E-state index contributed by atoms with van der Waals surface area (Å²) in [5.74, 6) is 0. The third-order valence-corrected chi connectivity index (χ3v) is 2.12. The number of hydrogen-bond donors (Lipinski definition) is 2. The minimum absolute atomic E-state index is 0.218. The molecule has 1 unspecified atom stereocenters. The van der Waals surface area contributed by atoms with Gasteiger partial charge in [-0.25, -0.2) is 4.68 Å². The maximum absolute atomic E-state index is 9.07. The molecule has 0 fully saturated rings. The second-order valence-corrected chi connectivity index (χ2v) is 3.59. The number of rotatable bonds is 3. The highest BCUT2D eigenvalue weighted by Crippen LogP contribution is 2.11. The first-order valence-electron chi connectivity index (χ1n) is 3.18. The van der Waals surface area contributed by atoms with Crippen LogP contribution in [0.15, 0.2) is 9.47 Å². The van der Waals surface area contributed by atoms with Crippen molar-refractivity contribution in [3.63, 3.8) is 0 Å². The number of hydrogen-bond acceptors (Lipinski definition) is 4. The minimum Gasteiger partial charge on any atom is -0.394 e. The molecule has 0 saturated heterocycles. The maximum Gasteiger partial charge on any atom is 0.218 e. The SMILES string of the molecule is OCC(O)Cn1nc(Br)nc1Br. The Morgan fingerprint density at radius 2 is 2.17 bits per heavy atom. The minimum atomic E-state index is -0.810. The molecule has 0 spiro atoms. The highest BCUT2D eigenvalue weighted by atomic mass is 79.9. The first-order valence-corrected chi connectivity index (χ1v) is 4.77. The lowest BCUT2D eigenvalue weighted by Gasteiger charge is -2.06. The Balaban J connectivity index is 2.68. The highest BCUT2D eigenvalue weighted by molar-refractivity contribution is 9.11. The van der Waals surface area contributed by atoms with E-state index in [4.69, 9.17) is 10.2 Å². The zero-order valence-electron chi connectivity index (χ0n) is 5.98. The Morgan fingerprint density at radius 3 is 2.58 bits per heavy atom. The van der Waals surface area contributed by atoms with Gasteiger partial charge in [-0.3, -0.25) is 0 Å². The van der Waals surface area contributed by atoms with Crippen LogP contribution < -0.4 is 0 Å². The van der Waals surface area contributed by atoms with Gasteiger partial charge in [-0.1, -0.05) is 0 Å². The van der Waals surface area contributed by atoms with E-state index in [1.165, 1.54) is 4.68 Å². The Hall–Kier alpha value is 0.0200. The number of aliphatic hydroxyl groups is 2. The van der Waals surface area contributed by atoms with Crippen molar-refractivity contribution in [3.05, 3.63) is 9.47 Å². The molecule has 68 valence electrons. The van der Waals surface area contributed by atoms with Crippen LogP contribution >= 0.6 is 31.9 Å². The molecule has 1 aromatic rings.